The quantitative estimate of drug-likeness (QED) is 0.390. The van der Waals surface area contributed by atoms with Crippen molar-refractivity contribution < 1.29 is 13.9 Å². The van der Waals surface area contributed by atoms with Crippen LogP contribution in [0.1, 0.15) is 38.9 Å². The minimum absolute atomic E-state index is 0.161. The highest BCUT2D eigenvalue weighted by Crippen LogP contribution is 2.43. The Bertz CT molecular complexity index is 1440. The second-order valence-electron chi connectivity index (χ2n) is 9.67. The SMILES string of the molecule is COc1cccc(C2c3cccn3-c3sc4c(c3CN2C(=O)NCc2ccc(F)cc2)CCN(C)C4)c1. The number of amides is 2. The van der Waals surface area contributed by atoms with Crippen molar-refractivity contribution in [2.24, 2.45) is 0 Å². The second-order valence-corrected chi connectivity index (χ2v) is 10.8. The fourth-order valence-corrected chi connectivity index (χ4v) is 6.84. The standard InChI is InChI=1S/C29H29FN4O2S/c1-32-14-12-23-24-17-34(29(35)31-16-19-8-10-21(30)11-9-19)27(20-5-3-6-22(15-20)36-2)25-7-4-13-33(25)28(24)37-26(23)18-32/h3-11,13,15,27H,12,14,16-18H2,1-2H3,(H,31,35). The van der Waals surface area contributed by atoms with Gasteiger partial charge in [-0.2, -0.15) is 0 Å². The molecule has 37 heavy (non-hydrogen) atoms. The highest BCUT2D eigenvalue weighted by atomic mass is 32.1. The zero-order chi connectivity index (χ0) is 25.5. The molecule has 0 bridgehead atoms. The fraction of sp³-hybridized carbons (Fsp3) is 0.276. The molecule has 2 amide bonds. The lowest BCUT2D eigenvalue weighted by atomic mass is 10.00. The number of carbonyl (C=O) groups is 1. The molecule has 1 atom stereocenters. The van der Waals surface area contributed by atoms with Gasteiger partial charge in [0.1, 0.15) is 16.6 Å². The van der Waals surface area contributed by atoms with Crippen LogP contribution in [0, 0.1) is 5.82 Å². The van der Waals surface area contributed by atoms with E-state index in [0.717, 1.165) is 42.1 Å². The third kappa shape index (κ3) is 4.40. The van der Waals surface area contributed by atoms with Crippen LogP contribution < -0.4 is 10.1 Å². The van der Waals surface area contributed by atoms with Crippen molar-refractivity contribution in [1.82, 2.24) is 19.7 Å². The lowest BCUT2D eigenvalue weighted by Crippen LogP contribution is -2.42. The summed E-state index contributed by atoms with van der Waals surface area (Å²) >= 11 is 1.84. The number of ether oxygens (including phenoxy) is 1. The van der Waals surface area contributed by atoms with Crippen LogP contribution in [0.3, 0.4) is 0 Å². The van der Waals surface area contributed by atoms with Gasteiger partial charge in [-0.05, 0) is 66.6 Å². The molecule has 1 N–H and O–H groups in total. The maximum absolute atomic E-state index is 13.9. The van der Waals surface area contributed by atoms with E-state index in [1.54, 1.807) is 19.2 Å². The molecule has 0 spiro atoms. The maximum Gasteiger partial charge on any atom is 0.318 e. The van der Waals surface area contributed by atoms with Gasteiger partial charge in [0.15, 0.2) is 0 Å². The molecule has 4 aromatic rings. The summed E-state index contributed by atoms with van der Waals surface area (Å²) in [6.45, 7) is 2.76. The number of rotatable bonds is 4. The molecule has 0 aliphatic carbocycles. The van der Waals surface area contributed by atoms with E-state index in [2.05, 4.69) is 46.2 Å². The van der Waals surface area contributed by atoms with Crippen LogP contribution >= 0.6 is 11.3 Å². The number of nitrogens with zero attached hydrogens (tertiary/aromatic N) is 3. The van der Waals surface area contributed by atoms with E-state index in [1.165, 1.54) is 33.1 Å². The van der Waals surface area contributed by atoms with Gasteiger partial charge in [0, 0.05) is 36.3 Å². The van der Waals surface area contributed by atoms with Crippen LogP contribution in [0.2, 0.25) is 0 Å². The van der Waals surface area contributed by atoms with Crippen LogP contribution in [0.5, 0.6) is 5.75 Å². The summed E-state index contributed by atoms with van der Waals surface area (Å²) in [6, 6.07) is 17.9. The predicted molar refractivity (Wildman–Crippen MR) is 143 cm³/mol. The molecule has 8 heteroatoms. The summed E-state index contributed by atoms with van der Waals surface area (Å²) in [4.78, 5) is 19.6. The summed E-state index contributed by atoms with van der Waals surface area (Å²) in [7, 11) is 3.81. The van der Waals surface area contributed by atoms with E-state index < -0.39 is 0 Å². The molecule has 2 aliphatic rings. The normalized spacial score (nSPS) is 16.9. The van der Waals surface area contributed by atoms with E-state index in [4.69, 9.17) is 4.74 Å². The first-order chi connectivity index (χ1) is 18.0. The van der Waals surface area contributed by atoms with Gasteiger partial charge in [0.2, 0.25) is 0 Å². The van der Waals surface area contributed by atoms with E-state index >= 15 is 0 Å². The lowest BCUT2D eigenvalue weighted by Gasteiger charge is -2.32. The van der Waals surface area contributed by atoms with Crippen molar-refractivity contribution >= 4 is 17.4 Å². The van der Waals surface area contributed by atoms with E-state index in [9.17, 15) is 9.18 Å². The molecule has 2 aliphatic heterocycles. The van der Waals surface area contributed by atoms with Crippen molar-refractivity contribution in [3.8, 4) is 10.8 Å². The molecule has 0 saturated carbocycles. The van der Waals surface area contributed by atoms with E-state index in [0.29, 0.717) is 13.1 Å². The molecule has 4 heterocycles. The van der Waals surface area contributed by atoms with Crippen molar-refractivity contribution in [3.63, 3.8) is 0 Å². The molecule has 6 nitrogen and oxygen atoms in total. The summed E-state index contributed by atoms with van der Waals surface area (Å²) < 4.78 is 21.2. The molecular formula is C29H29FN4O2S. The number of urea groups is 1. The van der Waals surface area contributed by atoms with Gasteiger partial charge in [-0.1, -0.05) is 24.3 Å². The minimum atomic E-state index is -0.306. The monoisotopic (exact) mass is 516 g/mol. The average molecular weight is 517 g/mol. The summed E-state index contributed by atoms with van der Waals surface area (Å²) in [5.74, 6) is 0.462. The molecule has 0 fully saturated rings. The number of methoxy groups -OCH3 is 1. The van der Waals surface area contributed by atoms with Gasteiger partial charge in [0.25, 0.3) is 0 Å². The van der Waals surface area contributed by atoms with Crippen molar-refractivity contribution in [1.29, 1.82) is 0 Å². The largest absolute Gasteiger partial charge is 0.497 e. The predicted octanol–water partition coefficient (Wildman–Crippen LogP) is 5.49. The number of thiophene rings is 1. The Labute approximate surface area is 219 Å². The first-order valence-electron chi connectivity index (χ1n) is 12.4. The minimum Gasteiger partial charge on any atom is -0.497 e. The zero-order valence-electron chi connectivity index (χ0n) is 20.9. The Morgan fingerprint density at radius 2 is 1.95 bits per heavy atom. The van der Waals surface area contributed by atoms with Crippen molar-refractivity contribution in [2.45, 2.75) is 32.1 Å². The number of halogens is 1. The number of nitrogens with one attached hydrogen (secondary N) is 1. The number of aromatic nitrogens is 1. The third-order valence-corrected chi connectivity index (χ3v) is 8.54. The Morgan fingerprint density at radius 3 is 2.76 bits per heavy atom. The second kappa shape index (κ2) is 9.68. The van der Waals surface area contributed by atoms with Gasteiger partial charge in [0.05, 0.1) is 25.4 Å². The van der Waals surface area contributed by atoms with Gasteiger partial charge in [-0.15, -0.1) is 11.3 Å². The number of benzene rings is 2. The van der Waals surface area contributed by atoms with Gasteiger partial charge >= 0.3 is 6.03 Å². The van der Waals surface area contributed by atoms with Crippen LogP contribution in [0.25, 0.3) is 5.00 Å². The highest BCUT2D eigenvalue weighted by molar-refractivity contribution is 7.15. The topological polar surface area (TPSA) is 49.7 Å². The summed E-state index contributed by atoms with van der Waals surface area (Å²) in [5, 5.41) is 4.29. The number of likely N-dealkylation sites (N-methyl/N-ethyl adjacent to an activating group) is 1. The number of carbonyl (C=O) groups excluding carboxylic acids is 1. The smallest absolute Gasteiger partial charge is 0.318 e. The Kier molecular flexibility index (Phi) is 6.22. The van der Waals surface area contributed by atoms with E-state index in [-0.39, 0.29) is 17.9 Å². The Balaban J connectivity index is 1.43. The average Bonchev–Trinajstić information content (AvgIpc) is 3.49. The molecule has 1 unspecified atom stereocenters. The molecule has 0 radical (unpaired) electrons. The van der Waals surface area contributed by atoms with Gasteiger partial charge in [-0.25, -0.2) is 9.18 Å². The maximum atomic E-state index is 13.9. The van der Waals surface area contributed by atoms with Gasteiger partial charge in [-0.3, -0.25) is 0 Å². The molecular weight excluding hydrogens is 487 g/mol. The molecule has 190 valence electrons. The Hall–Kier alpha value is -3.62. The van der Waals surface area contributed by atoms with Crippen LogP contribution in [0.15, 0.2) is 66.9 Å². The van der Waals surface area contributed by atoms with Crippen molar-refractivity contribution in [2.75, 3.05) is 20.7 Å². The number of hydrogen-bond donors (Lipinski definition) is 1. The number of fused-ring (bicyclic) bond motifs is 5. The van der Waals surface area contributed by atoms with Crippen LogP contribution in [-0.4, -0.2) is 41.1 Å². The number of hydrogen-bond acceptors (Lipinski definition) is 4. The molecule has 6 rings (SSSR count). The lowest BCUT2D eigenvalue weighted by molar-refractivity contribution is 0.179. The highest BCUT2D eigenvalue weighted by Gasteiger charge is 2.36. The van der Waals surface area contributed by atoms with E-state index in [1.807, 2.05) is 34.4 Å². The first kappa shape index (κ1) is 23.8. The van der Waals surface area contributed by atoms with Gasteiger partial charge < -0.3 is 24.4 Å². The Morgan fingerprint density at radius 1 is 1.11 bits per heavy atom. The van der Waals surface area contributed by atoms with Crippen LogP contribution in [0.4, 0.5) is 9.18 Å². The molecule has 2 aromatic carbocycles. The van der Waals surface area contributed by atoms with Crippen LogP contribution in [-0.2, 0) is 26.1 Å². The summed E-state index contributed by atoms with van der Waals surface area (Å²) in [6.07, 6.45) is 3.08. The zero-order valence-corrected chi connectivity index (χ0v) is 21.7. The van der Waals surface area contributed by atoms with Crippen molar-refractivity contribution in [3.05, 3.63) is 106 Å². The summed E-state index contributed by atoms with van der Waals surface area (Å²) in [5.41, 5.74) is 5.48. The fourth-order valence-electron chi connectivity index (χ4n) is 5.40. The first-order valence-corrected chi connectivity index (χ1v) is 13.3. The molecule has 2 aromatic heterocycles. The third-order valence-electron chi connectivity index (χ3n) is 7.28. The molecule has 0 saturated heterocycles.